The van der Waals surface area contributed by atoms with Gasteiger partial charge in [0.05, 0.1) is 4.92 Å². The van der Waals surface area contributed by atoms with Crippen molar-refractivity contribution in [2.24, 2.45) is 0 Å². The van der Waals surface area contributed by atoms with Crippen LogP contribution in [0.25, 0.3) is 0 Å². The summed E-state index contributed by atoms with van der Waals surface area (Å²) in [6, 6.07) is 13.2. The molecule has 0 radical (unpaired) electrons. The molecule has 0 bridgehead atoms. The van der Waals surface area contributed by atoms with Crippen molar-refractivity contribution < 1.29 is 9.72 Å². The van der Waals surface area contributed by atoms with Crippen LogP contribution in [0.1, 0.15) is 60.5 Å². The van der Waals surface area contributed by atoms with Crippen molar-refractivity contribution in [3.8, 4) is 0 Å². The third kappa shape index (κ3) is 4.87. The smallest absolute Gasteiger partial charge is 0.292 e. The minimum absolute atomic E-state index is 0.135. The minimum Gasteiger partial charge on any atom is -0.363 e. The summed E-state index contributed by atoms with van der Waals surface area (Å²) in [7, 11) is 1.60. The van der Waals surface area contributed by atoms with Gasteiger partial charge in [0.25, 0.3) is 11.6 Å². The molecule has 2 unspecified atom stereocenters. The molecule has 1 N–H and O–H groups in total. The summed E-state index contributed by atoms with van der Waals surface area (Å²) in [4.78, 5) is 25.9. The van der Waals surface area contributed by atoms with Gasteiger partial charge in [0, 0.05) is 37.2 Å². The highest BCUT2D eigenvalue weighted by Gasteiger charge is 2.27. The largest absolute Gasteiger partial charge is 0.363 e. The molecule has 1 aliphatic heterocycles. The molecular weight excluding hydrogens is 378 g/mol. The Labute approximate surface area is 178 Å². The molecule has 2 atom stereocenters. The molecule has 1 amide bonds. The topological polar surface area (TPSA) is 75.5 Å². The molecule has 6 nitrogen and oxygen atoms in total. The Morgan fingerprint density at radius 2 is 1.93 bits per heavy atom. The van der Waals surface area contributed by atoms with E-state index in [1.807, 2.05) is 37.3 Å². The van der Waals surface area contributed by atoms with Crippen LogP contribution in [-0.2, 0) is 0 Å². The number of carbonyl (C=O) groups is 1. The molecule has 0 spiro atoms. The number of anilines is 1. The number of piperidine rings is 1. The Morgan fingerprint density at radius 3 is 2.57 bits per heavy atom. The highest BCUT2D eigenvalue weighted by atomic mass is 16.6. The maximum absolute atomic E-state index is 12.2. The predicted octanol–water partition coefficient (Wildman–Crippen LogP) is 5.29. The minimum atomic E-state index is -0.294. The van der Waals surface area contributed by atoms with Gasteiger partial charge >= 0.3 is 0 Å². The number of nitro groups is 1. The molecule has 6 heteroatoms. The molecule has 30 heavy (non-hydrogen) atoms. The zero-order valence-corrected chi connectivity index (χ0v) is 18.1. The van der Waals surface area contributed by atoms with Gasteiger partial charge in [-0.25, -0.2) is 0 Å². The number of nitro benzene ring substituents is 1. The van der Waals surface area contributed by atoms with Crippen LogP contribution in [0, 0.1) is 10.1 Å². The summed E-state index contributed by atoms with van der Waals surface area (Å²) < 4.78 is 0. The van der Waals surface area contributed by atoms with Crippen molar-refractivity contribution in [3.05, 3.63) is 82.4 Å². The summed E-state index contributed by atoms with van der Waals surface area (Å²) >= 11 is 0. The van der Waals surface area contributed by atoms with E-state index in [0.717, 1.165) is 36.9 Å². The fraction of sp³-hybridized carbons (Fsp3) is 0.375. The highest BCUT2D eigenvalue weighted by molar-refractivity contribution is 5.95. The summed E-state index contributed by atoms with van der Waals surface area (Å²) in [5.74, 6) is -0.296. The van der Waals surface area contributed by atoms with Gasteiger partial charge in [-0.15, -0.1) is 13.2 Å². The van der Waals surface area contributed by atoms with Crippen LogP contribution in [0.3, 0.4) is 0 Å². The Morgan fingerprint density at radius 1 is 1.23 bits per heavy atom. The molecule has 1 heterocycles. The Bertz CT molecular complexity index is 897. The number of nitrogens with one attached hydrogen (secondary N) is 1. The van der Waals surface area contributed by atoms with E-state index in [1.165, 1.54) is 0 Å². The lowest BCUT2D eigenvalue weighted by molar-refractivity contribution is -0.384. The second-order valence-electron chi connectivity index (χ2n) is 7.43. The zero-order chi connectivity index (χ0) is 22.3. The van der Waals surface area contributed by atoms with Gasteiger partial charge in [0.2, 0.25) is 0 Å². The molecule has 0 aliphatic carbocycles. The van der Waals surface area contributed by atoms with Crippen molar-refractivity contribution in [2.45, 2.75) is 45.1 Å². The van der Waals surface area contributed by atoms with Gasteiger partial charge in [-0.1, -0.05) is 31.2 Å². The quantitative estimate of drug-likeness (QED) is 0.414. The zero-order valence-electron chi connectivity index (χ0n) is 18.1. The lowest BCUT2D eigenvalue weighted by Gasteiger charge is -2.35. The van der Waals surface area contributed by atoms with E-state index in [9.17, 15) is 14.9 Å². The number of amides is 1. The Hall–Kier alpha value is -3.15. The molecule has 160 valence electrons. The molecule has 2 aromatic carbocycles. The molecule has 3 rings (SSSR count). The Balaban J connectivity index is 0.00000155. The first kappa shape index (κ1) is 23.1. The monoisotopic (exact) mass is 409 g/mol. The van der Waals surface area contributed by atoms with Crippen LogP contribution in [-0.4, -0.2) is 30.5 Å². The van der Waals surface area contributed by atoms with Crippen molar-refractivity contribution in [1.82, 2.24) is 5.32 Å². The van der Waals surface area contributed by atoms with Crippen LogP contribution < -0.4 is 10.2 Å². The maximum Gasteiger partial charge on any atom is 0.292 e. The molecule has 2 aromatic rings. The first-order chi connectivity index (χ1) is 14.4. The number of hydrogen-bond acceptors (Lipinski definition) is 4. The van der Waals surface area contributed by atoms with Crippen molar-refractivity contribution in [1.29, 1.82) is 0 Å². The van der Waals surface area contributed by atoms with E-state index in [2.05, 4.69) is 30.3 Å². The SMILES string of the molecule is C=C.CNC(=O)c1ccccc1C(C)c1ccc(N2CCCCC2C)c([N+](=O)[O-])c1. The lowest BCUT2D eigenvalue weighted by Crippen LogP contribution is -2.37. The summed E-state index contributed by atoms with van der Waals surface area (Å²) in [6.07, 6.45) is 3.27. The van der Waals surface area contributed by atoms with Crippen molar-refractivity contribution in [3.63, 3.8) is 0 Å². The first-order valence-electron chi connectivity index (χ1n) is 10.3. The number of hydrogen-bond donors (Lipinski definition) is 1. The summed E-state index contributed by atoms with van der Waals surface area (Å²) in [5, 5.41) is 14.5. The van der Waals surface area contributed by atoms with Crippen LogP contribution in [0.15, 0.2) is 55.6 Å². The van der Waals surface area contributed by atoms with E-state index in [1.54, 1.807) is 19.2 Å². The van der Waals surface area contributed by atoms with E-state index in [4.69, 9.17) is 0 Å². The normalized spacial score (nSPS) is 16.8. The number of rotatable bonds is 5. The van der Waals surface area contributed by atoms with E-state index < -0.39 is 0 Å². The van der Waals surface area contributed by atoms with Gasteiger partial charge in [-0.2, -0.15) is 0 Å². The average Bonchev–Trinajstić information content (AvgIpc) is 2.79. The van der Waals surface area contributed by atoms with Crippen LogP contribution in [0.2, 0.25) is 0 Å². The number of nitrogens with zero attached hydrogens (tertiary/aromatic N) is 2. The van der Waals surface area contributed by atoms with Gasteiger partial charge in [0.15, 0.2) is 0 Å². The van der Waals surface area contributed by atoms with Crippen molar-refractivity contribution >= 4 is 17.3 Å². The van der Waals surface area contributed by atoms with E-state index in [-0.39, 0.29) is 22.4 Å². The molecule has 1 fully saturated rings. The lowest BCUT2D eigenvalue weighted by atomic mass is 9.88. The second-order valence-corrected chi connectivity index (χ2v) is 7.43. The van der Waals surface area contributed by atoms with Crippen molar-refractivity contribution in [2.75, 3.05) is 18.5 Å². The standard InChI is InChI=1S/C22H27N3O3.C2H4/c1-15-8-6-7-13-24(15)20-12-11-17(14-21(20)25(27)28)16(2)18-9-4-5-10-19(18)22(26)23-3;1-2/h4-5,9-12,14-16H,6-8,13H2,1-3H3,(H,23,26);1-2H2. The summed E-state index contributed by atoms with van der Waals surface area (Å²) in [6.45, 7) is 10.9. The fourth-order valence-electron chi connectivity index (χ4n) is 4.05. The van der Waals surface area contributed by atoms with Crippen LogP contribution in [0.5, 0.6) is 0 Å². The van der Waals surface area contributed by atoms with Gasteiger partial charge < -0.3 is 10.2 Å². The number of carbonyl (C=O) groups excluding carboxylic acids is 1. The fourth-order valence-corrected chi connectivity index (χ4v) is 4.05. The molecule has 1 saturated heterocycles. The van der Waals surface area contributed by atoms with Gasteiger partial charge in [-0.3, -0.25) is 14.9 Å². The number of benzene rings is 2. The molecule has 0 saturated carbocycles. The first-order valence-corrected chi connectivity index (χ1v) is 10.3. The van der Waals surface area contributed by atoms with E-state index >= 15 is 0 Å². The van der Waals surface area contributed by atoms with Crippen LogP contribution in [0.4, 0.5) is 11.4 Å². The summed E-state index contributed by atoms with van der Waals surface area (Å²) in [5.41, 5.74) is 3.10. The molecule has 0 aromatic heterocycles. The van der Waals surface area contributed by atoms with E-state index in [0.29, 0.717) is 17.3 Å². The average molecular weight is 410 g/mol. The van der Waals surface area contributed by atoms with Crippen LogP contribution >= 0.6 is 0 Å². The highest BCUT2D eigenvalue weighted by Crippen LogP contribution is 2.37. The Kier molecular flexibility index (Phi) is 8.16. The third-order valence-corrected chi connectivity index (χ3v) is 5.71. The molecule has 1 aliphatic rings. The maximum atomic E-state index is 12.2. The second kappa shape index (κ2) is 10.6. The molecular formula is C24H31N3O3. The predicted molar refractivity (Wildman–Crippen MR) is 122 cm³/mol. The third-order valence-electron chi connectivity index (χ3n) is 5.71. The van der Waals surface area contributed by atoms with Gasteiger partial charge in [0.1, 0.15) is 5.69 Å². The van der Waals surface area contributed by atoms with Gasteiger partial charge in [-0.05, 0) is 49.4 Å².